The first-order valence-electron chi connectivity index (χ1n) is 6.88. The predicted octanol–water partition coefficient (Wildman–Crippen LogP) is 1.56. The van der Waals surface area contributed by atoms with Gasteiger partial charge in [0.05, 0.1) is 11.0 Å². The van der Waals surface area contributed by atoms with Crippen molar-refractivity contribution < 1.29 is 9.59 Å². The summed E-state index contributed by atoms with van der Waals surface area (Å²) in [5, 5.41) is 2.61. The normalized spacial score (nSPS) is 10.7. The number of rotatable bonds is 2. The van der Waals surface area contributed by atoms with E-state index < -0.39 is 11.6 Å². The van der Waals surface area contributed by atoms with Gasteiger partial charge in [-0.25, -0.2) is 9.36 Å². The fourth-order valence-electron chi connectivity index (χ4n) is 2.35. The average Bonchev–Trinajstić information content (AvgIpc) is 2.82. The molecule has 0 saturated carbocycles. The summed E-state index contributed by atoms with van der Waals surface area (Å²) in [4.78, 5) is 38.3. The molecule has 0 aliphatic heterocycles. The summed E-state index contributed by atoms with van der Waals surface area (Å²) in [6.07, 6.45) is 0. The molecule has 3 aromatic rings. The minimum absolute atomic E-state index is 0.201. The third kappa shape index (κ3) is 2.71. The number of nitrogens with two attached hydrogens (primary N) is 1. The number of aromatic amines is 1. The van der Waals surface area contributed by atoms with Crippen LogP contribution in [0, 0.1) is 0 Å². The molecule has 0 radical (unpaired) electrons. The molecule has 7 heteroatoms. The quantitative estimate of drug-likeness (QED) is 0.624. The Morgan fingerprint density at radius 2 is 1.83 bits per heavy atom. The summed E-state index contributed by atoms with van der Waals surface area (Å²) in [5.74, 6) is -0.673. The van der Waals surface area contributed by atoms with Gasteiger partial charge in [0.25, 0.3) is 5.91 Å². The van der Waals surface area contributed by atoms with Crippen LogP contribution in [0.3, 0.4) is 0 Å². The van der Waals surface area contributed by atoms with Gasteiger partial charge in [0, 0.05) is 23.9 Å². The molecule has 0 unspecified atom stereocenters. The van der Waals surface area contributed by atoms with Gasteiger partial charge in [0.1, 0.15) is 0 Å². The smallest absolute Gasteiger partial charge is 0.333 e. The molecule has 3 rings (SSSR count). The molecule has 0 atom stereocenters. The van der Waals surface area contributed by atoms with Crippen molar-refractivity contribution in [2.24, 2.45) is 0 Å². The van der Waals surface area contributed by atoms with E-state index in [-0.39, 0.29) is 5.91 Å². The number of benzene rings is 2. The Labute approximate surface area is 130 Å². The van der Waals surface area contributed by atoms with Crippen molar-refractivity contribution in [1.29, 1.82) is 0 Å². The van der Waals surface area contributed by atoms with Crippen molar-refractivity contribution >= 4 is 34.2 Å². The van der Waals surface area contributed by atoms with Crippen LogP contribution in [-0.2, 0) is 4.79 Å². The topological polar surface area (TPSA) is 110 Å². The fraction of sp³-hybridized carbons (Fsp3) is 0.0625. The lowest BCUT2D eigenvalue weighted by Gasteiger charge is -2.05. The van der Waals surface area contributed by atoms with Crippen molar-refractivity contribution in [1.82, 2.24) is 9.55 Å². The Kier molecular flexibility index (Phi) is 3.46. The average molecular weight is 310 g/mol. The lowest BCUT2D eigenvalue weighted by Crippen LogP contribution is -2.24. The number of hydrogen-bond donors (Lipinski definition) is 3. The van der Waals surface area contributed by atoms with E-state index in [1.807, 2.05) is 0 Å². The number of amides is 1. The number of carbonyl (C=O) groups excluding carboxylic acids is 2. The zero-order chi connectivity index (χ0) is 16.6. The number of fused-ring (bicyclic) bond motifs is 1. The number of imidazole rings is 1. The first kappa shape index (κ1) is 14.6. The van der Waals surface area contributed by atoms with E-state index >= 15 is 0 Å². The van der Waals surface area contributed by atoms with Crippen LogP contribution in [0.2, 0.25) is 0 Å². The third-order valence-corrected chi connectivity index (χ3v) is 3.36. The SMILES string of the molecule is CC(=O)Nc1ccc(C(=O)n2c(=O)[nH]c3ccc(N)cc32)cc1. The predicted molar refractivity (Wildman–Crippen MR) is 87.4 cm³/mol. The highest BCUT2D eigenvalue weighted by atomic mass is 16.2. The first-order chi connectivity index (χ1) is 11.0. The van der Waals surface area contributed by atoms with Gasteiger partial charge in [-0.15, -0.1) is 0 Å². The maximum Gasteiger partial charge on any atom is 0.333 e. The van der Waals surface area contributed by atoms with Gasteiger partial charge in [-0.3, -0.25) is 9.59 Å². The molecule has 2 aromatic carbocycles. The summed E-state index contributed by atoms with van der Waals surface area (Å²) >= 11 is 0. The Morgan fingerprint density at radius 1 is 1.13 bits per heavy atom. The van der Waals surface area contributed by atoms with E-state index in [1.165, 1.54) is 6.92 Å². The Balaban J connectivity index is 2.03. The minimum Gasteiger partial charge on any atom is -0.399 e. The molecule has 0 bridgehead atoms. The lowest BCUT2D eigenvalue weighted by molar-refractivity contribution is -0.114. The van der Waals surface area contributed by atoms with E-state index in [2.05, 4.69) is 10.3 Å². The number of H-pyrrole nitrogens is 1. The standard InChI is InChI=1S/C16H14N4O3/c1-9(21)18-12-5-2-10(3-6-12)15(22)20-14-8-11(17)4-7-13(14)19-16(20)23/h2-8H,17H2,1H3,(H,18,21)(H,19,23). The Bertz CT molecular complexity index is 967. The molecule has 0 aliphatic rings. The van der Waals surface area contributed by atoms with Gasteiger partial charge in [0.15, 0.2) is 0 Å². The number of anilines is 2. The fourth-order valence-corrected chi connectivity index (χ4v) is 2.35. The molecule has 0 saturated heterocycles. The number of hydrogen-bond acceptors (Lipinski definition) is 4. The minimum atomic E-state index is -0.526. The van der Waals surface area contributed by atoms with Crippen LogP contribution in [0.15, 0.2) is 47.3 Å². The van der Waals surface area contributed by atoms with Crippen molar-refractivity contribution in [3.8, 4) is 0 Å². The van der Waals surface area contributed by atoms with Crippen LogP contribution < -0.4 is 16.7 Å². The molecule has 0 aliphatic carbocycles. The molecule has 23 heavy (non-hydrogen) atoms. The second-order valence-electron chi connectivity index (χ2n) is 5.11. The van der Waals surface area contributed by atoms with Crippen molar-refractivity contribution in [3.63, 3.8) is 0 Å². The summed E-state index contributed by atoms with van der Waals surface area (Å²) in [5.41, 5.74) is 7.51. The van der Waals surface area contributed by atoms with Crippen LogP contribution in [0.25, 0.3) is 11.0 Å². The molecule has 7 nitrogen and oxygen atoms in total. The molecule has 1 amide bonds. The number of nitrogens with one attached hydrogen (secondary N) is 2. The zero-order valence-electron chi connectivity index (χ0n) is 12.3. The van der Waals surface area contributed by atoms with Gasteiger partial charge >= 0.3 is 5.69 Å². The van der Waals surface area contributed by atoms with Crippen LogP contribution >= 0.6 is 0 Å². The zero-order valence-corrected chi connectivity index (χ0v) is 12.3. The third-order valence-electron chi connectivity index (χ3n) is 3.36. The van der Waals surface area contributed by atoms with Crippen LogP contribution in [0.5, 0.6) is 0 Å². The highest BCUT2D eigenvalue weighted by molar-refractivity contribution is 6.02. The number of nitrogen functional groups attached to an aromatic ring is 1. The molecule has 116 valence electrons. The van der Waals surface area contributed by atoms with Crippen LogP contribution in [0.1, 0.15) is 17.3 Å². The highest BCUT2D eigenvalue weighted by Crippen LogP contribution is 2.16. The van der Waals surface area contributed by atoms with E-state index in [0.29, 0.717) is 28.0 Å². The lowest BCUT2D eigenvalue weighted by atomic mass is 10.2. The van der Waals surface area contributed by atoms with Gasteiger partial charge in [0.2, 0.25) is 5.91 Å². The van der Waals surface area contributed by atoms with Gasteiger partial charge < -0.3 is 16.0 Å². The largest absolute Gasteiger partial charge is 0.399 e. The van der Waals surface area contributed by atoms with Crippen molar-refractivity contribution in [2.45, 2.75) is 6.92 Å². The number of carbonyl (C=O) groups is 2. The monoisotopic (exact) mass is 310 g/mol. The molecule has 1 aromatic heterocycles. The van der Waals surface area contributed by atoms with E-state index in [1.54, 1.807) is 42.5 Å². The van der Waals surface area contributed by atoms with Crippen LogP contribution in [-0.4, -0.2) is 21.4 Å². The Morgan fingerprint density at radius 3 is 2.48 bits per heavy atom. The molecular formula is C16H14N4O3. The van der Waals surface area contributed by atoms with Crippen molar-refractivity contribution in [3.05, 3.63) is 58.5 Å². The Hall–Kier alpha value is -3.35. The number of aromatic nitrogens is 2. The summed E-state index contributed by atoms with van der Waals surface area (Å²) in [6.45, 7) is 1.40. The second-order valence-corrected chi connectivity index (χ2v) is 5.11. The number of nitrogens with zero attached hydrogens (tertiary/aromatic N) is 1. The maximum absolute atomic E-state index is 12.6. The van der Waals surface area contributed by atoms with E-state index in [0.717, 1.165) is 4.57 Å². The van der Waals surface area contributed by atoms with E-state index in [9.17, 15) is 14.4 Å². The van der Waals surface area contributed by atoms with E-state index in [4.69, 9.17) is 5.73 Å². The highest BCUT2D eigenvalue weighted by Gasteiger charge is 2.16. The first-order valence-corrected chi connectivity index (χ1v) is 6.88. The summed E-state index contributed by atoms with van der Waals surface area (Å²) in [6, 6.07) is 11.2. The van der Waals surface area contributed by atoms with Crippen molar-refractivity contribution in [2.75, 3.05) is 11.1 Å². The molecule has 0 spiro atoms. The van der Waals surface area contributed by atoms with Gasteiger partial charge in [-0.1, -0.05) is 0 Å². The molecular weight excluding hydrogens is 296 g/mol. The van der Waals surface area contributed by atoms with Crippen LogP contribution in [0.4, 0.5) is 11.4 Å². The molecule has 4 N–H and O–H groups in total. The molecule has 1 heterocycles. The molecule has 0 fully saturated rings. The van der Waals surface area contributed by atoms with Gasteiger partial charge in [-0.05, 0) is 42.5 Å². The van der Waals surface area contributed by atoms with Gasteiger partial charge in [-0.2, -0.15) is 0 Å². The second kappa shape index (κ2) is 5.45. The summed E-state index contributed by atoms with van der Waals surface area (Å²) in [7, 11) is 0. The maximum atomic E-state index is 12.6. The summed E-state index contributed by atoms with van der Waals surface area (Å²) < 4.78 is 1.04.